The number of fused-ring (bicyclic) bond motifs is 2. The van der Waals surface area contributed by atoms with Gasteiger partial charge in [0.1, 0.15) is 0 Å². The summed E-state index contributed by atoms with van der Waals surface area (Å²) in [5.74, 6) is -0.834. The molecule has 0 unspecified atom stereocenters. The Labute approximate surface area is 193 Å². The molecule has 0 saturated heterocycles. The number of nitrogens with one attached hydrogen (secondary N) is 1. The molecule has 1 aliphatic carbocycles. The molecule has 5 rings (SSSR count). The number of carbonyl (C=O) groups is 2. The van der Waals surface area contributed by atoms with Crippen LogP contribution in [0, 0.1) is 0 Å². The summed E-state index contributed by atoms with van der Waals surface area (Å²) < 4.78 is 27.0. The summed E-state index contributed by atoms with van der Waals surface area (Å²) in [6.45, 7) is 0. The summed E-state index contributed by atoms with van der Waals surface area (Å²) in [5.41, 5.74) is 1.84. The topological polar surface area (TPSA) is 80.3 Å². The van der Waals surface area contributed by atoms with Crippen molar-refractivity contribution >= 4 is 33.7 Å². The maximum Gasteiger partial charge on any atom is 0.252 e. The van der Waals surface area contributed by atoms with Gasteiger partial charge in [-0.25, -0.2) is 8.42 Å². The van der Waals surface area contributed by atoms with Crippen LogP contribution in [0.15, 0.2) is 76.5 Å². The van der Waals surface area contributed by atoms with Crippen LogP contribution in [0.3, 0.4) is 0 Å². The van der Waals surface area contributed by atoms with E-state index >= 15 is 0 Å². The standard InChI is InChI=1S/C27H23NO4S/c29-26-21-16-15-19(14-13-18-7-2-1-3-8-18)17-24(21)33(31,32)23-12-6-11-22(25(23)26)27(30)28-20-9-4-5-10-20/h1-3,6-8,11-17,20H,4-5,9-10H2,(H,28,30)/b14-13+. The number of ketones is 1. The van der Waals surface area contributed by atoms with E-state index < -0.39 is 21.5 Å². The Bertz CT molecular complexity index is 1380. The number of benzene rings is 3. The van der Waals surface area contributed by atoms with Gasteiger partial charge in [0, 0.05) is 11.6 Å². The third-order valence-electron chi connectivity index (χ3n) is 6.29. The zero-order valence-electron chi connectivity index (χ0n) is 18.0. The molecule has 2 aliphatic rings. The Kier molecular flexibility index (Phi) is 5.46. The molecule has 0 bridgehead atoms. The minimum Gasteiger partial charge on any atom is -0.349 e. The van der Waals surface area contributed by atoms with E-state index in [1.54, 1.807) is 6.07 Å². The molecule has 1 saturated carbocycles. The third-order valence-corrected chi connectivity index (χ3v) is 8.12. The Hall–Kier alpha value is -3.51. The van der Waals surface area contributed by atoms with Crippen LogP contribution in [0.4, 0.5) is 0 Å². The van der Waals surface area contributed by atoms with Crippen LogP contribution in [0.1, 0.15) is 63.1 Å². The fourth-order valence-corrected chi connectivity index (χ4v) is 6.28. The van der Waals surface area contributed by atoms with Crippen molar-refractivity contribution in [2.45, 2.75) is 41.5 Å². The lowest BCUT2D eigenvalue weighted by molar-refractivity contribution is 0.0926. The predicted molar refractivity (Wildman–Crippen MR) is 127 cm³/mol. The Morgan fingerprint density at radius 1 is 0.848 bits per heavy atom. The molecule has 0 radical (unpaired) electrons. The van der Waals surface area contributed by atoms with E-state index in [2.05, 4.69) is 5.32 Å². The van der Waals surface area contributed by atoms with Crippen molar-refractivity contribution in [3.05, 3.63) is 94.5 Å². The van der Waals surface area contributed by atoms with Gasteiger partial charge in [0.2, 0.25) is 9.84 Å². The van der Waals surface area contributed by atoms with Crippen LogP contribution < -0.4 is 5.32 Å². The van der Waals surface area contributed by atoms with Gasteiger partial charge in [0.05, 0.1) is 20.9 Å². The first kappa shape index (κ1) is 21.3. The van der Waals surface area contributed by atoms with Gasteiger partial charge in [-0.15, -0.1) is 0 Å². The van der Waals surface area contributed by atoms with E-state index in [1.807, 2.05) is 42.5 Å². The summed E-state index contributed by atoms with van der Waals surface area (Å²) in [4.78, 5) is 26.2. The zero-order chi connectivity index (χ0) is 23.0. The number of sulfone groups is 1. The van der Waals surface area contributed by atoms with Crippen molar-refractivity contribution in [2.75, 3.05) is 0 Å². The molecule has 5 nitrogen and oxygen atoms in total. The molecule has 0 aromatic heterocycles. The quantitative estimate of drug-likeness (QED) is 0.442. The van der Waals surface area contributed by atoms with Crippen LogP contribution in [0.25, 0.3) is 12.2 Å². The van der Waals surface area contributed by atoms with Gasteiger partial charge >= 0.3 is 0 Å². The van der Waals surface area contributed by atoms with Gasteiger partial charge in [0.15, 0.2) is 5.78 Å². The first-order valence-corrected chi connectivity index (χ1v) is 12.5. The highest BCUT2D eigenvalue weighted by molar-refractivity contribution is 7.91. The van der Waals surface area contributed by atoms with Crippen molar-refractivity contribution in [3.8, 4) is 0 Å². The molecule has 166 valence electrons. The minimum atomic E-state index is -3.96. The predicted octanol–water partition coefficient (Wildman–Crippen LogP) is 4.91. The molecule has 0 atom stereocenters. The molecular weight excluding hydrogens is 434 g/mol. The van der Waals surface area contributed by atoms with Crippen LogP contribution >= 0.6 is 0 Å². The second-order valence-corrected chi connectivity index (χ2v) is 10.4. The molecule has 1 fully saturated rings. The van der Waals surface area contributed by atoms with E-state index in [0.29, 0.717) is 5.56 Å². The van der Waals surface area contributed by atoms with Crippen molar-refractivity contribution in [2.24, 2.45) is 0 Å². The van der Waals surface area contributed by atoms with Gasteiger partial charge in [-0.1, -0.05) is 67.5 Å². The number of hydrogen-bond donors (Lipinski definition) is 1. The van der Waals surface area contributed by atoms with Gasteiger partial charge in [0.25, 0.3) is 5.91 Å². The molecular formula is C27H23NO4S. The molecule has 3 aromatic carbocycles. The fourth-order valence-electron chi connectivity index (χ4n) is 4.57. The second-order valence-electron chi connectivity index (χ2n) is 8.47. The minimum absolute atomic E-state index is 0.0245. The lowest BCUT2D eigenvalue weighted by Crippen LogP contribution is -2.34. The van der Waals surface area contributed by atoms with E-state index in [-0.39, 0.29) is 32.5 Å². The van der Waals surface area contributed by atoms with Gasteiger partial charge < -0.3 is 5.32 Å². The molecule has 1 amide bonds. The smallest absolute Gasteiger partial charge is 0.252 e. The Balaban J connectivity index is 1.54. The van der Waals surface area contributed by atoms with Crippen LogP contribution in [-0.2, 0) is 9.84 Å². The summed E-state index contributed by atoms with van der Waals surface area (Å²) in [6, 6.07) is 19.0. The summed E-state index contributed by atoms with van der Waals surface area (Å²) in [5, 5.41) is 2.96. The molecule has 1 aliphatic heterocycles. The van der Waals surface area contributed by atoms with E-state index in [9.17, 15) is 18.0 Å². The maximum absolute atomic E-state index is 13.5. The van der Waals surface area contributed by atoms with Crippen molar-refractivity contribution < 1.29 is 18.0 Å². The monoisotopic (exact) mass is 457 g/mol. The molecule has 6 heteroatoms. The Morgan fingerprint density at radius 2 is 1.58 bits per heavy atom. The lowest BCUT2D eigenvalue weighted by atomic mass is 9.96. The number of carbonyl (C=O) groups excluding carboxylic acids is 2. The molecule has 3 aromatic rings. The number of amides is 1. The van der Waals surface area contributed by atoms with Gasteiger partial charge in [-0.05, 0) is 48.2 Å². The maximum atomic E-state index is 13.5. The van der Waals surface area contributed by atoms with Crippen LogP contribution in [0.5, 0.6) is 0 Å². The normalized spacial score (nSPS) is 17.0. The fraction of sp³-hybridized carbons (Fsp3) is 0.185. The van der Waals surface area contributed by atoms with Crippen molar-refractivity contribution in [3.63, 3.8) is 0 Å². The van der Waals surface area contributed by atoms with Crippen LogP contribution in [0.2, 0.25) is 0 Å². The molecule has 33 heavy (non-hydrogen) atoms. The first-order chi connectivity index (χ1) is 15.9. The SMILES string of the molecule is O=C(NC1CCCC1)c1cccc2c1C(=O)c1ccc(/C=C/c3ccccc3)cc1S2(=O)=O. The third kappa shape index (κ3) is 3.91. The second kappa shape index (κ2) is 8.45. The average Bonchev–Trinajstić information content (AvgIpc) is 3.34. The summed E-state index contributed by atoms with van der Waals surface area (Å²) in [6.07, 6.45) is 7.61. The molecule has 0 spiro atoms. The lowest BCUT2D eigenvalue weighted by Gasteiger charge is -2.22. The highest BCUT2D eigenvalue weighted by Crippen LogP contribution is 2.37. The van der Waals surface area contributed by atoms with Crippen molar-refractivity contribution in [1.29, 1.82) is 0 Å². The highest BCUT2D eigenvalue weighted by atomic mass is 32.2. The van der Waals surface area contributed by atoms with E-state index in [4.69, 9.17) is 0 Å². The van der Waals surface area contributed by atoms with E-state index in [0.717, 1.165) is 31.2 Å². The molecule has 1 heterocycles. The highest BCUT2D eigenvalue weighted by Gasteiger charge is 2.37. The largest absolute Gasteiger partial charge is 0.349 e. The molecule has 1 N–H and O–H groups in total. The van der Waals surface area contributed by atoms with Crippen LogP contribution in [-0.4, -0.2) is 26.2 Å². The van der Waals surface area contributed by atoms with E-state index in [1.165, 1.54) is 30.3 Å². The summed E-state index contributed by atoms with van der Waals surface area (Å²) >= 11 is 0. The van der Waals surface area contributed by atoms with Gasteiger partial charge in [-0.2, -0.15) is 0 Å². The van der Waals surface area contributed by atoms with Crippen molar-refractivity contribution in [1.82, 2.24) is 5.32 Å². The van der Waals surface area contributed by atoms with Gasteiger partial charge in [-0.3, -0.25) is 9.59 Å². The Morgan fingerprint density at radius 3 is 2.33 bits per heavy atom. The average molecular weight is 458 g/mol. The number of rotatable bonds is 4. The first-order valence-electron chi connectivity index (χ1n) is 11.1. The summed E-state index contributed by atoms with van der Waals surface area (Å²) in [7, 11) is -3.96. The number of hydrogen-bond acceptors (Lipinski definition) is 4. The zero-order valence-corrected chi connectivity index (χ0v) is 18.8.